The second kappa shape index (κ2) is 7.64. The monoisotopic (exact) mass is 421 g/mol. The lowest BCUT2D eigenvalue weighted by atomic mass is 9.79. The molecule has 0 radical (unpaired) electrons. The molecule has 0 aliphatic carbocycles. The molecule has 0 atom stereocenters. The van der Waals surface area contributed by atoms with Gasteiger partial charge in [0.25, 0.3) is 0 Å². The van der Waals surface area contributed by atoms with Gasteiger partial charge in [0.1, 0.15) is 11.5 Å². The van der Waals surface area contributed by atoms with Gasteiger partial charge >= 0.3 is 0 Å². The van der Waals surface area contributed by atoms with Gasteiger partial charge in [0, 0.05) is 35.8 Å². The molecule has 1 aliphatic heterocycles. The lowest BCUT2D eigenvalue weighted by Crippen LogP contribution is -2.62. The van der Waals surface area contributed by atoms with Gasteiger partial charge in [-0.25, -0.2) is 0 Å². The van der Waals surface area contributed by atoms with Crippen LogP contribution >= 0.6 is 0 Å². The first-order valence-corrected chi connectivity index (χ1v) is 10.6. The third-order valence-electron chi connectivity index (χ3n) is 6.06. The molecule has 1 saturated heterocycles. The normalized spacial score (nSPS) is 18.1. The zero-order chi connectivity index (χ0) is 22.4. The van der Waals surface area contributed by atoms with E-state index in [1.807, 2.05) is 12.1 Å². The summed E-state index contributed by atoms with van der Waals surface area (Å²) < 4.78 is 5.44. The molecule has 1 aromatic carbocycles. The van der Waals surface area contributed by atoms with Gasteiger partial charge in [-0.05, 0) is 70.9 Å². The van der Waals surface area contributed by atoms with E-state index in [4.69, 9.17) is 4.74 Å². The summed E-state index contributed by atoms with van der Waals surface area (Å²) >= 11 is 0. The zero-order valence-corrected chi connectivity index (χ0v) is 19.1. The van der Waals surface area contributed by atoms with Crippen LogP contribution < -0.4 is 15.0 Å². The van der Waals surface area contributed by atoms with E-state index < -0.39 is 0 Å². The maximum atomic E-state index is 10.6. The number of methoxy groups -OCH3 is 1. The summed E-state index contributed by atoms with van der Waals surface area (Å²) in [6.45, 7) is 8.98. The van der Waals surface area contributed by atoms with Crippen LogP contribution in [0.15, 0.2) is 36.5 Å². The van der Waals surface area contributed by atoms with E-state index in [0.717, 1.165) is 24.0 Å². The average molecular weight is 422 g/mol. The summed E-state index contributed by atoms with van der Waals surface area (Å²) in [5.74, 6) is 1.63. The minimum atomic E-state index is 0.0491. The van der Waals surface area contributed by atoms with Crippen LogP contribution in [0.1, 0.15) is 40.5 Å². The van der Waals surface area contributed by atoms with Crippen molar-refractivity contribution in [1.82, 2.24) is 20.5 Å². The molecule has 3 heterocycles. The minimum Gasteiger partial charge on any atom is -0.507 e. The second-order valence-corrected chi connectivity index (χ2v) is 9.71. The molecule has 1 fully saturated rings. The molecule has 0 amide bonds. The van der Waals surface area contributed by atoms with Crippen molar-refractivity contribution in [2.24, 2.45) is 0 Å². The summed E-state index contributed by atoms with van der Waals surface area (Å²) in [7, 11) is 3.70. The fourth-order valence-corrected chi connectivity index (χ4v) is 4.99. The van der Waals surface area contributed by atoms with E-state index in [1.54, 1.807) is 31.5 Å². The van der Waals surface area contributed by atoms with Crippen molar-refractivity contribution in [3.63, 3.8) is 0 Å². The van der Waals surface area contributed by atoms with Crippen molar-refractivity contribution in [2.75, 3.05) is 19.1 Å². The van der Waals surface area contributed by atoms with Crippen molar-refractivity contribution in [1.29, 1.82) is 0 Å². The maximum absolute atomic E-state index is 10.6. The number of rotatable bonds is 4. The highest BCUT2D eigenvalue weighted by molar-refractivity contribution is 5.98. The molecule has 31 heavy (non-hydrogen) atoms. The van der Waals surface area contributed by atoms with Crippen molar-refractivity contribution in [2.45, 2.75) is 57.7 Å². The van der Waals surface area contributed by atoms with Crippen LogP contribution in [0.2, 0.25) is 0 Å². The molecule has 7 heteroatoms. The first kappa shape index (κ1) is 21.3. The van der Waals surface area contributed by atoms with E-state index in [0.29, 0.717) is 28.6 Å². The van der Waals surface area contributed by atoms with Crippen LogP contribution in [-0.2, 0) is 0 Å². The number of aromatic hydroxyl groups is 1. The molecule has 0 unspecified atom stereocenters. The number of fused-ring (bicyclic) bond motifs is 1. The summed E-state index contributed by atoms with van der Waals surface area (Å²) in [5, 5.41) is 24.1. The average Bonchev–Trinajstić information content (AvgIpc) is 2.70. The number of pyridine rings is 1. The highest BCUT2D eigenvalue weighted by Gasteiger charge is 2.39. The van der Waals surface area contributed by atoms with Crippen molar-refractivity contribution in [3.05, 3.63) is 36.5 Å². The van der Waals surface area contributed by atoms with E-state index >= 15 is 0 Å². The Morgan fingerprint density at radius 2 is 1.74 bits per heavy atom. The van der Waals surface area contributed by atoms with Gasteiger partial charge in [-0.15, -0.1) is 10.2 Å². The molecule has 2 N–H and O–H groups in total. The summed E-state index contributed by atoms with van der Waals surface area (Å²) in [6, 6.07) is 9.45. The smallest absolute Gasteiger partial charge is 0.151 e. The molecule has 1 aliphatic rings. The predicted molar refractivity (Wildman–Crippen MR) is 124 cm³/mol. The van der Waals surface area contributed by atoms with E-state index in [1.165, 1.54) is 0 Å². The number of benzene rings is 1. The summed E-state index contributed by atoms with van der Waals surface area (Å²) in [4.78, 5) is 6.68. The van der Waals surface area contributed by atoms with Gasteiger partial charge in [0.2, 0.25) is 0 Å². The highest BCUT2D eigenvalue weighted by Crippen LogP contribution is 2.38. The second-order valence-electron chi connectivity index (χ2n) is 9.71. The highest BCUT2D eigenvalue weighted by atomic mass is 16.5. The molecule has 0 bridgehead atoms. The molecule has 0 spiro atoms. The number of ether oxygens (including phenoxy) is 1. The maximum Gasteiger partial charge on any atom is 0.151 e. The van der Waals surface area contributed by atoms with Gasteiger partial charge in [-0.2, -0.15) is 0 Å². The van der Waals surface area contributed by atoms with Crippen molar-refractivity contribution < 1.29 is 9.84 Å². The number of piperidine rings is 1. The predicted octanol–water partition coefficient (Wildman–Crippen LogP) is 4.15. The number of phenolic OH excluding ortho intramolecular Hbond substituents is 1. The first-order chi connectivity index (χ1) is 14.6. The number of phenols is 1. The molecule has 164 valence electrons. The lowest BCUT2D eigenvalue weighted by molar-refractivity contribution is 0.160. The summed E-state index contributed by atoms with van der Waals surface area (Å²) in [6.07, 6.45) is 3.70. The van der Waals surface area contributed by atoms with Crippen LogP contribution in [0, 0.1) is 0 Å². The van der Waals surface area contributed by atoms with Gasteiger partial charge < -0.3 is 20.1 Å². The third kappa shape index (κ3) is 4.14. The molecule has 0 saturated carbocycles. The van der Waals surface area contributed by atoms with Crippen molar-refractivity contribution >= 4 is 16.7 Å². The van der Waals surface area contributed by atoms with Crippen LogP contribution in [0.4, 0.5) is 5.82 Å². The number of hydrogen-bond acceptors (Lipinski definition) is 7. The largest absolute Gasteiger partial charge is 0.507 e. The Kier molecular flexibility index (Phi) is 5.25. The third-order valence-corrected chi connectivity index (χ3v) is 6.06. The fraction of sp³-hybridized carbons (Fsp3) is 0.458. The topological polar surface area (TPSA) is 83.4 Å². The van der Waals surface area contributed by atoms with Crippen LogP contribution in [0.3, 0.4) is 0 Å². The number of nitrogens with one attached hydrogen (secondary N) is 1. The Morgan fingerprint density at radius 1 is 1.03 bits per heavy atom. The molecular weight excluding hydrogens is 390 g/mol. The number of aromatic nitrogens is 3. The minimum absolute atomic E-state index is 0.0491. The van der Waals surface area contributed by atoms with E-state index in [9.17, 15) is 5.11 Å². The van der Waals surface area contributed by atoms with E-state index in [2.05, 4.69) is 60.1 Å². The Hall–Kier alpha value is -2.93. The lowest BCUT2D eigenvalue weighted by Gasteiger charge is -2.49. The van der Waals surface area contributed by atoms with Crippen LogP contribution in [0.25, 0.3) is 22.2 Å². The van der Waals surface area contributed by atoms with Crippen LogP contribution in [0.5, 0.6) is 11.5 Å². The Bertz CT molecular complexity index is 1080. The molecule has 4 rings (SSSR count). The quantitative estimate of drug-likeness (QED) is 0.655. The fourth-order valence-electron chi connectivity index (χ4n) is 4.99. The van der Waals surface area contributed by atoms with Crippen LogP contribution in [-0.4, -0.2) is 51.6 Å². The van der Waals surface area contributed by atoms with Crippen molar-refractivity contribution in [3.8, 4) is 22.8 Å². The van der Waals surface area contributed by atoms with Gasteiger partial charge in [0.15, 0.2) is 5.82 Å². The summed E-state index contributed by atoms with van der Waals surface area (Å²) in [5.41, 5.74) is 1.87. The molecular formula is C24H31N5O2. The standard InChI is InChI=1S/C24H31N5O2/c1-23(2)13-15(14-24(3,4)28-23)29(5)20-10-8-17(26-27-20)21-18(30)9-7-16-19(31-6)11-12-25-22(16)21/h7-12,15,28,30H,13-14H2,1-6H3. The Labute approximate surface area is 183 Å². The molecule has 3 aromatic rings. The van der Waals surface area contributed by atoms with Gasteiger partial charge in [-0.1, -0.05) is 0 Å². The van der Waals surface area contributed by atoms with E-state index in [-0.39, 0.29) is 16.8 Å². The molecule has 7 nitrogen and oxygen atoms in total. The first-order valence-electron chi connectivity index (χ1n) is 10.6. The molecule has 2 aromatic heterocycles. The zero-order valence-electron chi connectivity index (χ0n) is 19.1. The number of anilines is 1. The van der Waals surface area contributed by atoms with Gasteiger partial charge in [-0.3, -0.25) is 4.98 Å². The SMILES string of the molecule is COc1ccnc2c(-c3ccc(N(C)C4CC(C)(C)NC(C)(C)C4)nn3)c(O)ccc12. The number of hydrogen-bond donors (Lipinski definition) is 2. The number of nitrogens with zero attached hydrogens (tertiary/aromatic N) is 4. The van der Waals surface area contributed by atoms with Gasteiger partial charge in [0.05, 0.1) is 23.9 Å². The Morgan fingerprint density at radius 3 is 2.35 bits per heavy atom. The Balaban J connectivity index is 1.67.